The van der Waals surface area contributed by atoms with Crippen LogP contribution in [0.15, 0.2) is 0 Å². The third-order valence-corrected chi connectivity index (χ3v) is 6.22. The van der Waals surface area contributed by atoms with Crippen LogP contribution in [0.5, 0.6) is 0 Å². The van der Waals surface area contributed by atoms with Gasteiger partial charge in [0.1, 0.15) is 10.8 Å². The molecule has 1 rings (SSSR count). The molecule has 2 nitrogen and oxygen atoms in total. The molecule has 1 heterocycles. The lowest BCUT2D eigenvalue weighted by molar-refractivity contribution is 1.14. The van der Waals surface area contributed by atoms with Crippen LogP contribution in [-0.4, -0.2) is 11.5 Å². The predicted molar refractivity (Wildman–Crippen MR) is 40.3 cm³/mol. The van der Waals surface area contributed by atoms with Gasteiger partial charge in [-0.2, -0.15) is 10.5 Å². The van der Waals surface area contributed by atoms with E-state index in [1.54, 1.807) is 0 Å². The van der Waals surface area contributed by atoms with Gasteiger partial charge in [0.05, 0.1) is 0 Å². The van der Waals surface area contributed by atoms with Gasteiger partial charge in [0.2, 0.25) is 0 Å². The highest BCUT2D eigenvalue weighted by Gasteiger charge is 2.09. The molecule has 0 radical (unpaired) electrons. The van der Waals surface area contributed by atoms with Gasteiger partial charge in [-0.15, -0.1) is 0 Å². The molecular weight excluding hydrogens is 152 g/mol. The lowest BCUT2D eigenvalue weighted by Crippen LogP contribution is -1.89. The van der Waals surface area contributed by atoms with E-state index in [-0.39, 0.29) is 18.9 Å². The highest BCUT2D eigenvalue weighted by Crippen LogP contribution is 2.06. The van der Waals surface area contributed by atoms with Crippen LogP contribution >= 0.6 is 0 Å². The minimum absolute atomic E-state index is 0.200. The maximum absolute atomic E-state index is 8.49. The quantitative estimate of drug-likeness (QED) is 0.482. The number of hydrogen-bond acceptors (Lipinski definition) is 2. The van der Waals surface area contributed by atoms with Gasteiger partial charge in [-0.25, -0.2) is 0 Å². The van der Waals surface area contributed by atoms with Crippen molar-refractivity contribution in [2.24, 2.45) is 0 Å². The van der Waals surface area contributed by atoms with Crippen molar-refractivity contribution in [3.63, 3.8) is 0 Å². The Morgan fingerprint density at radius 1 is 1.00 bits per heavy atom. The number of hydrogen-bond donors (Lipinski definition) is 0. The first kappa shape index (κ1) is 6.80. The van der Waals surface area contributed by atoms with Crippen molar-refractivity contribution in [2.75, 3.05) is 11.5 Å². The van der Waals surface area contributed by atoms with Gasteiger partial charge in [-0.1, -0.05) is 0 Å². The van der Waals surface area contributed by atoms with E-state index in [9.17, 15) is 0 Å². The highest BCUT2D eigenvalue weighted by molar-refractivity contribution is 8.48. The van der Waals surface area contributed by atoms with Crippen molar-refractivity contribution in [1.29, 1.82) is 10.5 Å². The van der Waals surface area contributed by atoms with Crippen molar-refractivity contribution in [3.05, 3.63) is 0 Å². The van der Waals surface area contributed by atoms with Gasteiger partial charge >= 0.3 is 0 Å². The van der Waals surface area contributed by atoms with Crippen LogP contribution in [0.1, 0.15) is 6.42 Å². The first-order valence-corrected chi connectivity index (χ1v) is 5.90. The van der Waals surface area contributed by atoms with Crippen LogP contribution in [0.2, 0.25) is 0 Å². The van der Waals surface area contributed by atoms with Gasteiger partial charge in [0, 0.05) is 11.5 Å². The second-order valence-corrected chi connectivity index (χ2v) is 6.61. The van der Waals surface area contributed by atoms with Gasteiger partial charge < -0.3 is 0 Å². The average molecular weight is 158 g/mol. The Balaban J connectivity index is 2.90. The predicted octanol–water partition coefficient (Wildman–Crippen LogP) is 0.504. The summed E-state index contributed by atoms with van der Waals surface area (Å²) in [6.45, 7) is 0. The third kappa shape index (κ3) is 1.32. The van der Waals surface area contributed by atoms with Gasteiger partial charge in [0.15, 0.2) is 0 Å². The van der Waals surface area contributed by atoms with Crippen LogP contribution in [0.25, 0.3) is 0 Å². The largest absolute Gasteiger partial charge is 0.185 e. The maximum atomic E-state index is 8.49. The van der Waals surface area contributed by atoms with Crippen LogP contribution in [0.4, 0.5) is 0 Å². The molecule has 48 valence electrons. The van der Waals surface area contributed by atoms with Crippen LogP contribution in [0, 0.1) is 21.3 Å². The van der Waals surface area contributed by atoms with E-state index in [1.807, 2.05) is 0 Å². The molecule has 0 amide bonds. The van der Waals surface area contributed by atoms with Gasteiger partial charge in [-0.05, 0) is 25.3 Å². The fourth-order valence-corrected chi connectivity index (χ4v) is 4.92. The van der Waals surface area contributed by atoms with Crippen molar-refractivity contribution in [3.8, 4) is 10.8 Å². The van der Waals surface area contributed by atoms with E-state index in [4.69, 9.17) is 10.5 Å². The molecule has 2 unspecified atom stereocenters. The minimum atomic E-state index is -0.200. The van der Waals surface area contributed by atoms with Crippen molar-refractivity contribution < 1.29 is 0 Å². The van der Waals surface area contributed by atoms with Gasteiger partial charge in [-0.3, -0.25) is 0 Å². The normalized spacial score (nSPS) is 33.1. The second kappa shape index (κ2) is 3.00. The zero-order chi connectivity index (χ0) is 6.69. The molecule has 2 atom stereocenters. The number of nitriles is 2. The summed E-state index contributed by atoms with van der Waals surface area (Å²) in [5, 5.41) is 21.3. The lowest BCUT2D eigenvalue weighted by atomic mass is 10.6. The first-order chi connectivity index (χ1) is 4.38. The Bertz CT molecular complexity index is 206. The van der Waals surface area contributed by atoms with E-state index < -0.39 is 0 Å². The van der Waals surface area contributed by atoms with Gasteiger partial charge in [0.25, 0.3) is 0 Å². The molecule has 0 saturated carbocycles. The van der Waals surface area contributed by atoms with E-state index in [1.165, 1.54) is 0 Å². The zero-order valence-electron chi connectivity index (χ0n) is 4.83. The standard InChI is InChI=1S/C5H6N2S2/c6-4-8-2-1-3-9(8)5-7/h1-3H2. The first-order valence-electron chi connectivity index (χ1n) is 2.60. The Morgan fingerprint density at radius 2 is 1.44 bits per heavy atom. The molecule has 0 spiro atoms. The highest BCUT2D eigenvalue weighted by atomic mass is 32.9. The fourth-order valence-electron chi connectivity index (χ4n) is 0.704. The monoisotopic (exact) mass is 158 g/mol. The molecule has 1 aliphatic rings. The number of rotatable bonds is 0. The molecule has 1 aliphatic heterocycles. The Kier molecular flexibility index (Phi) is 2.27. The Morgan fingerprint density at radius 3 is 1.78 bits per heavy atom. The summed E-state index contributed by atoms with van der Waals surface area (Å²) < 4.78 is 0. The molecule has 0 fully saturated rings. The molecule has 0 aromatic carbocycles. The summed E-state index contributed by atoms with van der Waals surface area (Å²) in [6, 6.07) is 0. The SMILES string of the molecule is N#CS1=S(C#N)CCC1. The molecule has 4 heteroatoms. The summed E-state index contributed by atoms with van der Waals surface area (Å²) in [6.07, 6.45) is 1.08. The summed E-state index contributed by atoms with van der Waals surface area (Å²) >= 11 is 0. The third-order valence-electron chi connectivity index (χ3n) is 1.11. The molecule has 9 heavy (non-hydrogen) atoms. The molecule has 0 bridgehead atoms. The Labute approximate surface area is 58.6 Å². The molecule has 0 saturated heterocycles. The number of nitrogens with zero attached hydrogens (tertiary/aromatic N) is 2. The van der Waals surface area contributed by atoms with Crippen molar-refractivity contribution in [1.82, 2.24) is 0 Å². The Hall–Kier alpha value is -0.320. The summed E-state index contributed by atoms with van der Waals surface area (Å²) in [5.74, 6) is 1.93. The molecule has 0 N–H and O–H groups in total. The zero-order valence-corrected chi connectivity index (χ0v) is 6.47. The van der Waals surface area contributed by atoms with E-state index >= 15 is 0 Å². The second-order valence-electron chi connectivity index (χ2n) is 1.64. The van der Waals surface area contributed by atoms with Crippen LogP contribution in [-0.2, 0) is 18.9 Å². The smallest absolute Gasteiger partial charge is 0.133 e. The van der Waals surface area contributed by atoms with Crippen LogP contribution in [0.3, 0.4) is 0 Å². The molecule has 0 aliphatic carbocycles. The lowest BCUT2D eigenvalue weighted by Gasteiger charge is -1.85. The van der Waals surface area contributed by atoms with Crippen LogP contribution < -0.4 is 0 Å². The van der Waals surface area contributed by atoms with E-state index in [0.29, 0.717) is 0 Å². The molecule has 0 aromatic rings. The molecular formula is C5H6N2S2. The number of thiocyanates is 2. The summed E-state index contributed by atoms with van der Waals surface area (Å²) in [4.78, 5) is 0. The fraction of sp³-hybridized carbons (Fsp3) is 0.600. The van der Waals surface area contributed by atoms with E-state index in [2.05, 4.69) is 10.8 Å². The van der Waals surface area contributed by atoms with Crippen molar-refractivity contribution in [2.45, 2.75) is 6.42 Å². The summed E-state index contributed by atoms with van der Waals surface area (Å²) in [5.41, 5.74) is 0. The maximum Gasteiger partial charge on any atom is 0.133 e. The summed E-state index contributed by atoms with van der Waals surface area (Å²) in [7, 11) is -0.400. The molecule has 0 aromatic heterocycles. The van der Waals surface area contributed by atoms with Crippen molar-refractivity contribution >= 4 is 18.9 Å². The average Bonchev–Trinajstić information content (AvgIpc) is 2.33. The van der Waals surface area contributed by atoms with E-state index in [0.717, 1.165) is 17.9 Å². The topological polar surface area (TPSA) is 47.6 Å². The minimum Gasteiger partial charge on any atom is -0.185 e.